The number of ether oxygens (including phenoxy) is 2. The number of carbonyl (C=O) groups is 1. The molecule has 2 aromatic rings. The van der Waals surface area contributed by atoms with Crippen LogP contribution in [0.25, 0.3) is 0 Å². The third kappa shape index (κ3) is 4.85. The smallest absolute Gasteiger partial charge is 0.292 e. The van der Waals surface area contributed by atoms with Crippen molar-refractivity contribution in [1.82, 2.24) is 5.32 Å². The van der Waals surface area contributed by atoms with E-state index in [1.807, 2.05) is 17.0 Å². The molecule has 4 rings (SSSR count). The molecule has 1 fully saturated rings. The maximum Gasteiger partial charge on any atom is 0.292 e. The Bertz CT molecular complexity index is 976. The second kappa shape index (κ2) is 9.43. The molecule has 1 amide bonds. The Morgan fingerprint density at radius 1 is 1.19 bits per heavy atom. The highest BCUT2D eigenvalue weighted by atomic mass is 35.5. The van der Waals surface area contributed by atoms with Crippen molar-refractivity contribution in [2.24, 2.45) is 5.92 Å². The van der Waals surface area contributed by atoms with Crippen LogP contribution in [0.2, 0.25) is 5.02 Å². The van der Waals surface area contributed by atoms with E-state index in [9.17, 15) is 14.9 Å². The summed E-state index contributed by atoms with van der Waals surface area (Å²) in [4.78, 5) is 25.5. The molecule has 2 aliphatic rings. The van der Waals surface area contributed by atoms with Crippen molar-refractivity contribution in [3.63, 3.8) is 0 Å². The lowest BCUT2D eigenvalue weighted by atomic mass is 9.95. The van der Waals surface area contributed by atoms with Crippen molar-refractivity contribution in [2.75, 3.05) is 37.7 Å². The molecular formula is C22H24ClN3O5. The molecule has 1 N–H and O–H groups in total. The van der Waals surface area contributed by atoms with Gasteiger partial charge in [0.15, 0.2) is 11.5 Å². The number of nitro benzene ring substituents is 1. The molecule has 2 aliphatic heterocycles. The summed E-state index contributed by atoms with van der Waals surface area (Å²) < 4.78 is 11.1. The molecule has 0 saturated carbocycles. The van der Waals surface area contributed by atoms with E-state index >= 15 is 0 Å². The lowest BCUT2D eigenvalue weighted by Gasteiger charge is -2.32. The number of piperidine rings is 1. The minimum absolute atomic E-state index is 0.0193. The van der Waals surface area contributed by atoms with Crippen LogP contribution >= 0.6 is 11.6 Å². The average molecular weight is 446 g/mol. The van der Waals surface area contributed by atoms with Crippen molar-refractivity contribution >= 4 is 28.9 Å². The summed E-state index contributed by atoms with van der Waals surface area (Å²) in [5.41, 5.74) is 1.69. The minimum Gasteiger partial charge on any atom is -0.486 e. The third-order valence-corrected chi connectivity index (χ3v) is 5.94. The van der Waals surface area contributed by atoms with Gasteiger partial charge in [0.05, 0.1) is 9.95 Å². The molecule has 0 bridgehead atoms. The summed E-state index contributed by atoms with van der Waals surface area (Å²) in [6, 6.07) is 10.5. The molecular weight excluding hydrogens is 422 g/mol. The number of rotatable bonds is 6. The van der Waals surface area contributed by atoms with E-state index in [2.05, 4.69) is 5.32 Å². The zero-order chi connectivity index (χ0) is 21.8. The third-order valence-electron chi connectivity index (χ3n) is 5.65. The van der Waals surface area contributed by atoms with Crippen molar-refractivity contribution in [3.05, 3.63) is 57.1 Å². The van der Waals surface area contributed by atoms with Gasteiger partial charge in [-0.05, 0) is 43.0 Å². The molecule has 0 atom stereocenters. The minimum atomic E-state index is -0.363. The largest absolute Gasteiger partial charge is 0.486 e. The Balaban J connectivity index is 1.27. The van der Waals surface area contributed by atoms with Crippen molar-refractivity contribution in [2.45, 2.75) is 19.3 Å². The van der Waals surface area contributed by atoms with Gasteiger partial charge in [-0.3, -0.25) is 14.9 Å². The number of nitrogens with zero attached hydrogens (tertiary/aromatic N) is 2. The first-order chi connectivity index (χ1) is 15.0. The van der Waals surface area contributed by atoms with Crippen LogP contribution in [0.4, 0.5) is 11.4 Å². The van der Waals surface area contributed by atoms with Gasteiger partial charge in [-0.1, -0.05) is 23.7 Å². The SMILES string of the molecule is O=C(NCCc1cc(Cl)c2c(c1)OCCO2)C1CCN(c2ccccc2[N+](=O)[O-])CC1. The Labute approximate surface area is 185 Å². The molecule has 1 saturated heterocycles. The zero-order valence-electron chi connectivity index (χ0n) is 17.0. The molecule has 164 valence electrons. The molecule has 2 heterocycles. The molecule has 2 aromatic carbocycles. The summed E-state index contributed by atoms with van der Waals surface area (Å²) in [7, 11) is 0. The number of amides is 1. The van der Waals surface area contributed by atoms with Gasteiger partial charge in [-0.15, -0.1) is 0 Å². The van der Waals surface area contributed by atoms with Gasteiger partial charge >= 0.3 is 0 Å². The highest BCUT2D eigenvalue weighted by molar-refractivity contribution is 6.32. The van der Waals surface area contributed by atoms with Gasteiger partial charge < -0.3 is 19.7 Å². The molecule has 0 radical (unpaired) electrons. The predicted molar refractivity (Wildman–Crippen MR) is 117 cm³/mol. The lowest BCUT2D eigenvalue weighted by Crippen LogP contribution is -2.41. The molecule has 8 nitrogen and oxygen atoms in total. The van der Waals surface area contributed by atoms with E-state index in [0.29, 0.717) is 74.3 Å². The van der Waals surface area contributed by atoms with Crippen LogP contribution in [0.1, 0.15) is 18.4 Å². The normalized spacial score (nSPS) is 16.1. The van der Waals surface area contributed by atoms with E-state index in [-0.39, 0.29) is 22.4 Å². The van der Waals surface area contributed by atoms with Gasteiger partial charge in [0.25, 0.3) is 5.69 Å². The number of anilines is 1. The predicted octanol–water partition coefficient (Wildman–Crippen LogP) is 3.59. The first kappa shape index (κ1) is 21.2. The number of hydrogen-bond acceptors (Lipinski definition) is 6. The van der Waals surface area contributed by atoms with E-state index in [4.69, 9.17) is 21.1 Å². The van der Waals surface area contributed by atoms with Gasteiger partial charge in [0.2, 0.25) is 5.91 Å². The topological polar surface area (TPSA) is 93.9 Å². The number of halogens is 1. The number of para-hydroxylation sites is 2. The van der Waals surface area contributed by atoms with Crippen LogP contribution < -0.4 is 19.7 Å². The van der Waals surface area contributed by atoms with Gasteiger partial charge in [0, 0.05) is 31.6 Å². The maximum atomic E-state index is 12.6. The second-order valence-corrected chi connectivity index (χ2v) is 8.06. The van der Waals surface area contributed by atoms with Gasteiger partial charge in [-0.2, -0.15) is 0 Å². The molecule has 0 aromatic heterocycles. The number of fused-ring (bicyclic) bond motifs is 1. The molecule has 31 heavy (non-hydrogen) atoms. The Kier molecular flexibility index (Phi) is 6.46. The van der Waals surface area contributed by atoms with Gasteiger partial charge in [0.1, 0.15) is 18.9 Å². The highest BCUT2D eigenvalue weighted by Gasteiger charge is 2.28. The van der Waals surface area contributed by atoms with Gasteiger partial charge in [-0.25, -0.2) is 0 Å². The fourth-order valence-corrected chi connectivity index (χ4v) is 4.34. The van der Waals surface area contributed by atoms with Crippen molar-refractivity contribution in [1.29, 1.82) is 0 Å². The number of carbonyl (C=O) groups excluding carboxylic acids is 1. The van der Waals surface area contributed by atoms with Crippen molar-refractivity contribution in [3.8, 4) is 11.5 Å². The van der Waals surface area contributed by atoms with E-state index in [0.717, 1.165) is 5.56 Å². The fourth-order valence-electron chi connectivity index (χ4n) is 4.05. The highest BCUT2D eigenvalue weighted by Crippen LogP contribution is 2.38. The van der Waals surface area contributed by atoms with Crippen LogP contribution in [0, 0.1) is 16.0 Å². The monoisotopic (exact) mass is 445 g/mol. The molecule has 9 heteroatoms. The number of benzene rings is 2. The summed E-state index contributed by atoms with van der Waals surface area (Å²) in [6.07, 6.45) is 1.96. The van der Waals surface area contributed by atoms with Crippen LogP contribution in [0.3, 0.4) is 0 Å². The fraction of sp³-hybridized carbons (Fsp3) is 0.409. The number of nitro groups is 1. The Morgan fingerprint density at radius 2 is 1.94 bits per heavy atom. The summed E-state index contributed by atoms with van der Waals surface area (Å²) in [6.45, 7) is 2.70. The quantitative estimate of drug-likeness (QED) is 0.539. The standard InChI is InChI=1S/C22H24ClN3O5/c23-17-13-15(14-20-21(17)31-12-11-30-20)5-8-24-22(27)16-6-9-25(10-7-16)18-3-1-2-4-19(18)26(28)29/h1-4,13-14,16H,5-12H2,(H,24,27). The summed E-state index contributed by atoms with van der Waals surface area (Å²) in [5, 5.41) is 14.8. The van der Waals surface area contributed by atoms with Crippen molar-refractivity contribution < 1.29 is 19.2 Å². The lowest BCUT2D eigenvalue weighted by molar-refractivity contribution is -0.384. The number of hydrogen-bond donors (Lipinski definition) is 1. The van der Waals surface area contributed by atoms with Crippen LogP contribution in [-0.2, 0) is 11.2 Å². The average Bonchev–Trinajstić information content (AvgIpc) is 2.79. The molecule has 0 spiro atoms. The number of nitrogens with one attached hydrogen (secondary N) is 1. The molecule has 0 unspecified atom stereocenters. The van der Waals surface area contributed by atoms with E-state index in [1.165, 1.54) is 6.07 Å². The maximum absolute atomic E-state index is 12.6. The first-order valence-electron chi connectivity index (χ1n) is 10.4. The van der Waals surface area contributed by atoms with E-state index in [1.54, 1.807) is 18.2 Å². The van der Waals surface area contributed by atoms with Crippen LogP contribution in [-0.4, -0.2) is 43.7 Å². The summed E-state index contributed by atoms with van der Waals surface area (Å²) >= 11 is 6.27. The van der Waals surface area contributed by atoms with Crippen LogP contribution in [0.15, 0.2) is 36.4 Å². The molecule has 0 aliphatic carbocycles. The Morgan fingerprint density at radius 3 is 2.71 bits per heavy atom. The first-order valence-corrected chi connectivity index (χ1v) is 10.7. The zero-order valence-corrected chi connectivity index (χ0v) is 17.8. The Hall–Kier alpha value is -3.00. The summed E-state index contributed by atoms with van der Waals surface area (Å²) in [5.74, 6) is 1.14. The van der Waals surface area contributed by atoms with Crippen LogP contribution in [0.5, 0.6) is 11.5 Å². The second-order valence-electron chi connectivity index (χ2n) is 7.65. The van der Waals surface area contributed by atoms with E-state index < -0.39 is 0 Å².